The van der Waals surface area contributed by atoms with Gasteiger partial charge >= 0.3 is 5.97 Å². The fraction of sp³-hybridized carbons (Fsp3) is 0.750. The lowest BCUT2D eigenvalue weighted by Gasteiger charge is -2.48. The Morgan fingerprint density at radius 2 is 2.00 bits per heavy atom. The van der Waals surface area contributed by atoms with Gasteiger partial charge < -0.3 is 4.74 Å². The van der Waals surface area contributed by atoms with Gasteiger partial charge in [0.05, 0.1) is 11.0 Å². The van der Waals surface area contributed by atoms with E-state index in [1.165, 1.54) is 0 Å². The van der Waals surface area contributed by atoms with Gasteiger partial charge in [0, 0.05) is 11.3 Å². The number of fused-ring (bicyclic) bond motifs is 1. The van der Waals surface area contributed by atoms with Crippen molar-refractivity contribution in [3.05, 3.63) is 12.7 Å². The molecule has 0 amide bonds. The SMILES string of the molecule is C=CC(=O)SCC(=O)OC1(C)C2(C)CC3C(C2C)C1(C)OS3(=O)=O. The molecule has 3 rings (SSSR count). The first-order valence-corrected chi connectivity index (χ1v) is 10.3. The fourth-order valence-corrected chi connectivity index (χ4v) is 7.90. The minimum absolute atomic E-state index is 0.0463. The number of ether oxygens (including phenoxy) is 1. The van der Waals surface area contributed by atoms with Crippen LogP contribution < -0.4 is 0 Å². The molecule has 0 radical (unpaired) electrons. The molecule has 1 heterocycles. The predicted molar refractivity (Wildman–Crippen MR) is 89.7 cm³/mol. The molecule has 3 aliphatic rings. The molecular formula is C16H22O6S2. The molecule has 0 spiro atoms. The normalized spacial score (nSPS) is 47.6. The minimum atomic E-state index is -3.66. The van der Waals surface area contributed by atoms with E-state index in [1.54, 1.807) is 13.8 Å². The Balaban J connectivity index is 1.91. The fourth-order valence-electron chi connectivity index (χ4n) is 5.18. The molecule has 0 aromatic heterocycles. The monoisotopic (exact) mass is 374 g/mol. The summed E-state index contributed by atoms with van der Waals surface area (Å²) in [6, 6.07) is 0. The van der Waals surface area contributed by atoms with Crippen molar-refractivity contribution in [2.24, 2.45) is 17.3 Å². The highest BCUT2D eigenvalue weighted by Crippen LogP contribution is 2.74. The standard InChI is InChI=1S/C16H22O6S2/c1-6-12(18)23-8-11(17)21-16(5)14(3)7-10-13(9(14)2)15(16,4)22-24(10,19)20/h6,9-10,13H,1,7-8H2,2-5H3. The summed E-state index contributed by atoms with van der Waals surface area (Å²) in [7, 11) is -3.66. The van der Waals surface area contributed by atoms with Gasteiger partial charge in [-0.05, 0) is 32.3 Å². The lowest BCUT2D eigenvalue weighted by Crippen LogP contribution is -2.60. The third-order valence-corrected chi connectivity index (χ3v) is 9.33. The van der Waals surface area contributed by atoms with E-state index in [0.29, 0.717) is 6.42 Å². The third-order valence-electron chi connectivity index (χ3n) is 6.72. The van der Waals surface area contributed by atoms with Gasteiger partial charge in [-0.2, -0.15) is 8.42 Å². The van der Waals surface area contributed by atoms with Gasteiger partial charge in [0.15, 0.2) is 0 Å². The Labute approximate surface area is 146 Å². The third kappa shape index (κ3) is 1.96. The predicted octanol–water partition coefficient (Wildman–Crippen LogP) is 1.90. The number of carbonyl (C=O) groups is 2. The number of hydrogen-bond acceptors (Lipinski definition) is 7. The smallest absolute Gasteiger partial charge is 0.317 e. The summed E-state index contributed by atoms with van der Waals surface area (Å²) < 4.78 is 36.1. The minimum Gasteiger partial charge on any atom is -0.455 e. The van der Waals surface area contributed by atoms with Gasteiger partial charge in [0.2, 0.25) is 5.12 Å². The van der Waals surface area contributed by atoms with Crippen molar-refractivity contribution in [2.75, 3.05) is 5.75 Å². The summed E-state index contributed by atoms with van der Waals surface area (Å²) in [5, 5.41) is -0.846. The summed E-state index contributed by atoms with van der Waals surface area (Å²) in [4.78, 5) is 23.6. The first-order chi connectivity index (χ1) is 10.9. The Morgan fingerprint density at radius 1 is 1.38 bits per heavy atom. The number of carbonyl (C=O) groups excluding carboxylic acids is 2. The van der Waals surface area contributed by atoms with Crippen molar-refractivity contribution in [2.45, 2.75) is 50.6 Å². The first-order valence-electron chi connectivity index (χ1n) is 7.88. The van der Waals surface area contributed by atoms with Gasteiger partial charge in [0.1, 0.15) is 11.2 Å². The van der Waals surface area contributed by atoms with Crippen LogP contribution in [0.4, 0.5) is 0 Å². The molecule has 1 saturated heterocycles. The quantitative estimate of drug-likeness (QED) is 0.422. The Kier molecular flexibility index (Phi) is 3.80. The summed E-state index contributed by atoms with van der Waals surface area (Å²) in [6.45, 7) is 10.8. The van der Waals surface area contributed by atoms with Crippen molar-refractivity contribution in [1.29, 1.82) is 0 Å². The zero-order valence-electron chi connectivity index (χ0n) is 14.2. The Bertz CT molecular complexity index is 731. The maximum absolute atomic E-state index is 12.4. The molecule has 0 aromatic carbocycles. The van der Waals surface area contributed by atoms with Gasteiger partial charge in [-0.3, -0.25) is 13.8 Å². The van der Waals surface area contributed by atoms with E-state index in [2.05, 4.69) is 6.58 Å². The number of rotatable bonds is 4. The summed E-state index contributed by atoms with van der Waals surface area (Å²) >= 11 is 0.814. The zero-order valence-corrected chi connectivity index (χ0v) is 15.8. The molecule has 8 heteroatoms. The largest absolute Gasteiger partial charge is 0.455 e. The molecule has 6 atom stereocenters. The lowest BCUT2D eigenvalue weighted by molar-refractivity contribution is -0.200. The van der Waals surface area contributed by atoms with Gasteiger partial charge in [-0.25, -0.2) is 0 Å². The van der Waals surface area contributed by atoms with Gasteiger partial charge in [-0.15, -0.1) is 0 Å². The molecule has 2 aliphatic carbocycles. The van der Waals surface area contributed by atoms with E-state index in [9.17, 15) is 18.0 Å². The highest BCUT2D eigenvalue weighted by molar-refractivity contribution is 8.14. The van der Waals surface area contributed by atoms with Crippen LogP contribution in [0.3, 0.4) is 0 Å². The molecule has 1 aliphatic heterocycles. The Hall–Kier alpha value is -0.860. The highest BCUT2D eigenvalue weighted by Gasteiger charge is 2.84. The van der Waals surface area contributed by atoms with E-state index >= 15 is 0 Å². The van der Waals surface area contributed by atoms with E-state index in [-0.39, 0.29) is 22.7 Å². The second-order valence-corrected chi connectivity index (χ2v) is 10.2. The summed E-state index contributed by atoms with van der Waals surface area (Å²) in [5.41, 5.74) is -2.64. The summed E-state index contributed by atoms with van der Waals surface area (Å²) in [6.07, 6.45) is 1.55. The van der Waals surface area contributed by atoms with Crippen molar-refractivity contribution in [1.82, 2.24) is 0 Å². The first kappa shape index (κ1) is 17.9. The molecule has 2 saturated carbocycles. The molecular weight excluding hydrogens is 352 g/mol. The van der Waals surface area contributed by atoms with Crippen molar-refractivity contribution in [3.8, 4) is 0 Å². The van der Waals surface area contributed by atoms with E-state index in [0.717, 1.165) is 17.8 Å². The van der Waals surface area contributed by atoms with Crippen LogP contribution in [0.25, 0.3) is 0 Å². The van der Waals surface area contributed by atoms with E-state index in [4.69, 9.17) is 8.92 Å². The van der Waals surface area contributed by atoms with E-state index < -0.39 is 38.0 Å². The molecule has 134 valence electrons. The average Bonchev–Trinajstić information content (AvgIpc) is 2.90. The molecule has 0 aromatic rings. The van der Waals surface area contributed by atoms with Crippen LogP contribution in [0.15, 0.2) is 12.7 Å². The van der Waals surface area contributed by atoms with Gasteiger partial charge in [0.25, 0.3) is 10.1 Å². The molecule has 6 unspecified atom stereocenters. The maximum Gasteiger partial charge on any atom is 0.317 e. The maximum atomic E-state index is 12.4. The molecule has 2 bridgehead atoms. The second kappa shape index (κ2) is 5.08. The number of esters is 1. The van der Waals surface area contributed by atoms with Crippen LogP contribution in [0, 0.1) is 17.3 Å². The van der Waals surface area contributed by atoms with Gasteiger partial charge in [-0.1, -0.05) is 32.2 Å². The average molecular weight is 374 g/mol. The van der Waals surface area contributed by atoms with Crippen LogP contribution in [-0.4, -0.2) is 41.7 Å². The van der Waals surface area contributed by atoms with Crippen molar-refractivity contribution < 1.29 is 26.9 Å². The molecule has 3 fully saturated rings. The Morgan fingerprint density at radius 3 is 2.58 bits per heavy atom. The topological polar surface area (TPSA) is 86.7 Å². The van der Waals surface area contributed by atoms with Crippen LogP contribution in [0.2, 0.25) is 0 Å². The molecule has 0 N–H and O–H groups in total. The number of hydrogen-bond donors (Lipinski definition) is 0. The van der Waals surface area contributed by atoms with Crippen molar-refractivity contribution in [3.63, 3.8) is 0 Å². The van der Waals surface area contributed by atoms with Crippen LogP contribution in [0.1, 0.15) is 34.1 Å². The highest BCUT2D eigenvalue weighted by atomic mass is 32.2. The molecule has 24 heavy (non-hydrogen) atoms. The second-order valence-electron chi connectivity index (χ2n) is 7.48. The zero-order chi connectivity index (χ0) is 18.1. The number of thioether (sulfide) groups is 1. The van der Waals surface area contributed by atoms with Crippen LogP contribution in [-0.2, 0) is 28.6 Å². The summed E-state index contributed by atoms with van der Waals surface area (Å²) in [5.74, 6) is -0.843. The van der Waals surface area contributed by atoms with Crippen molar-refractivity contribution >= 4 is 33.0 Å². The lowest BCUT2D eigenvalue weighted by atomic mass is 9.66. The van der Waals surface area contributed by atoms with Crippen LogP contribution >= 0.6 is 11.8 Å². The van der Waals surface area contributed by atoms with E-state index in [1.807, 2.05) is 13.8 Å². The molecule has 6 nitrogen and oxygen atoms in total. The van der Waals surface area contributed by atoms with Crippen LogP contribution in [0.5, 0.6) is 0 Å².